The van der Waals surface area contributed by atoms with E-state index in [1.807, 2.05) is 35.4 Å². The number of allylic oxidation sites excluding steroid dienone is 2. The molecule has 0 fully saturated rings. The summed E-state index contributed by atoms with van der Waals surface area (Å²) in [4.78, 5) is 10.9. The van der Waals surface area contributed by atoms with Crippen molar-refractivity contribution in [2.45, 2.75) is 44.6 Å². The molecule has 0 spiro atoms. The Morgan fingerprint density at radius 1 is 1.18 bits per heavy atom. The van der Waals surface area contributed by atoms with Gasteiger partial charge in [-0.2, -0.15) is 13.2 Å². The summed E-state index contributed by atoms with van der Waals surface area (Å²) < 4.78 is 52.7. The number of aryl methyl sites for hydroxylation is 1. The fraction of sp³-hybridized carbons (Fsp3) is 0.310. The molecule has 0 aliphatic carbocycles. The second-order valence-electron chi connectivity index (χ2n) is 9.41. The van der Waals surface area contributed by atoms with Crippen molar-refractivity contribution in [2.75, 3.05) is 19.0 Å². The lowest BCUT2D eigenvalue weighted by molar-refractivity contribution is -0.138. The first kappa shape index (κ1) is 26.7. The van der Waals surface area contributed by atoms with Crippen LogP contribution in [-0.4, -0.2) is 40.6 Å². The van der Waals surface area contributed by atoms with E-state index in [2.05, 4.69) is 10.3 Å². The van der Waals surface area contributed by atoms with E-state index in [1.54, 1.807) is 32.4 Å². The third kappa shape index (κ3) is 5.48. The molecule has 204 valence electrons. The van der Waals surface area contributed by atoms with Crippen molar-refractivity contribution in [3.8, 4) is 11.3 Å². The molecule has 7 nitrogen and oxygen atoms in total. The van der Waals surface area contributed by atoms with Crippen molar-refractivity contribution < 1.29 is 27.4 Å². The van der Waals surface area contributed by atoms with Gasteiger partial charge in [0.2, 0.25) is 0 Å². The number of nitrogens with one attached hydrogen (secondary N) is 1. The van der Waals surface area contributed by atoms with E-state index in [9.17, 15) is 18.3 Å². The fourth-order valence-electron chi connectivity index (χ4n) is 5.10. The Balaban J connectivity index is 1.48. The fourth-order valence-corrected chi connectivity index (χ4v) is 5.10. The Hall–Kier alpha value is -3.89. The van der Waals surface area contributed by atoms with Crippen LogP contribution in [0.3, 0.4) is 0 Å². The van der Waals surface area contributed by atoms with Gasteiger partial charge in [0.15, 0.2) is 17.5 Å². The van der Waals surface area contributed by atoms with Crippen LogP contribution in [0.5, 0.6) is 0 Å². The zero-order valence-electron chi connectivity index (χ0n) is 21.6. The summed E-state index contributed by atoms with van der Waals surface area (Å²) in [7, 11) is 1.61. The van der Waals surface area contributed by atoms with Crippen molar-refractivity contribution in [3.63, 3.8) is 0 Å². The average Bonchev–Trinajstić information content (AvgIpc) is 3.52. The van der Waals surface area contributed by atoms with E-state index in [1.165, 1.54) is 12.1 Å². The van der Waals surface area contributed by atoms with E-state index < -0.39 is 17.8 Å². The summed E-state index contributed by atoms with van der Waals surface area (Å²) in [6.07, 6.45) is 3.93. The summed E-state index contributed by atoms with van der Waals surface area (Å²) >= 11 is 0. The normalized spacial score (nSPS) is 18.7. The lowest BCUT2D eigenvalue weighted by atomic mass is 9.92. The first-order valence-electron chi connectivity index (χ1n) is 12.6. The van der Waals surface area contributed by atoms with E-state index in [0.717, 1.165) is 11.6 Å². The molecule has 0 amide bonds. The summed E-state index contributed by atoms with van der Waals surface area (Å²) in [6.45, 7) is 2.03. The first-order valence-corrected chi connectivity index (χ1v) is 12.6. The number of aliphatic hydroxyl groups excluding tert-OH is 1. The molecule has 2 atom stereocenters. The standard InChI is InChI=1S/C29H29F3N4O3/c1-18-33-16-26(39-18)21-12-11-20(15-19(21)17-37)34-24-9-5-13-36-25(10-6-14-38-2)27(35-28(24)36)22-7-3-4-8-23(22)29(30,31)32/h3-5,7-9,11-13,15-16,25,27,34,37H,6,10,14,17H2,1-2H3. The molecule has 2 aromatic carbocycles. The van der Waals surface area contributed by atoms with Gasteiger partial charge in [0.05, 0.1) is 36.1 Å². The van der Waals surface area contributed by atoms with Gasteiger partial charge in [-0.1, -0.05) is 18.2 Å². The Morgan fingerprint density at radius 3 is 2.72 bits per heavy atom. The second-order valence-corrected chi connectivity index (χ2v) is 9.41. The molecule has 2 N–H and O–H groups in total. The van der Waals surface area contributed by atoms with Crippen LogP contribution in [0.1, 0.15) is 41.5 Å². The Morgan fingerprint density at radius 2 is 2.00 bits per heavy atom. The number of halogens is 3. The largest absolute Gasteiger partial charge is 0.441 e. The summed E-state index contributed by atoms with van der Waals surface area (Å²) in [6, 6.07) is 10.1. The van der Waals surface area contributed by atoms with Gasteiger partial charge in [-0.3, -0.25) is 4.99 Å². The number of aromatic nitrogens is 1. The predicted molar refractivity (Wildman–Crippen MR) is 142 cm³/mol. The number of hydrogen-bond donors (Lipinski definition) is 2. The maximum atomic E-state index is 13.9. The molecule has 0 saturated carbocycles. The monoisotopic (exact) mass is 538 g/mol. The Kier molecular flexibility index (Phi) is 7.58. The van der Waals surface area contributed by atoms with Crippen LogP contribution >= 0.6 is 0 Å². The van der Waals surface area contributed by atoms with E-state index in [4.69, 9.17) is 14.1 Å². The number of hydrogen-bond acceptors (Lipinski definition) is 7. The molecule has 10 heteroatoms. The van der Waals surface area contributed by atoms with Crippen LogP contribution in [0.15, 0.2) is 82.1 Å². The molecule has 0 bridgehead atoms. The number of fused-ring (bicyclic) bond motifs is 1. The number of oxazole rings is 1. The number of methoxy groups -OCH3 is 1. The lowest BCUT2D eigenvalue weighted by Gasteiger charge is -2.31. The maximum absolute atomic E-state index is 13.9. The van der Waals surface area contributed by atoms with Crippen molar-refractivity contribution in [2.24, 2.45) is 4.99 Å². The van der Waals surface area contributed by atoms with Gasteiger partial charge in [0, 0.05) is 38.1 Å². The van der Waals surface area contributed by atoms with Gasteiger partial charge in [-0.05, 0) is 60.4 Å². The number of rotatable bonds is 9. The van der Waals surface area contributed by atoms with Gasteiger partial charge >= 0.3 is 6.18 Å². The van der Waals surface area contributed by atoms with Gasteiger partial charge in [-0.25, -0.2) is 4.98 Å². The number of amidine groups is 1. The number of nitrogens with zero attached hydrogens (tertiary/aromatic N) is 3. The molecule has 2 aliphatic rings. The lowest BCUT2D eigenvalue weighted by Crippen LogP contribution is -2.37. The zero-order valence-corrected chi connectivity index (χ0v) is 21.6. The SMILES string of the molecule is COCCCC1C(c2ccccc2C(F)(F)F)N=C2C(Nc3ccc(-c4cnc(C)o4)c(CO)c3)=CC=CN21. The molecule has 2 aliphatic heterocycles. The van der Waals surface area contributed by atoms with Crippen molar-refractivity contribution in [1.82, 2.24) is 9.88 Å². The third-order valence-corrected chi connectivity index (χ3v) is 6.85. The van der Waals surface area contributed by atoms with E-state index in [-0.39, 0.29) is 18.2 Å². The summed E-state index contributed by atoms with van der Waals surface area (Å²) in [5, 5.41) is 13.4. The predicted octanol–water partition coefficient (Wildman–Crippen LogP) is 6.23. The minimum absolute atomic E-state index is 0.149. The van der Waals surface area contributed by atoms with Crippen molar-refractivity contribution in [3.05, 3.63) is 95.3 Å². The topological polar surface area (TPSA) is 83.1 Å². The second kappa shape index (κ2) is 11.1. The molecule has 2 unspecified atom stereocenters. The zero-order chi connectivity index (χ0) is 27.6. The molecule has 0 radical (unpaired) electrons. The molecular weight excluding hydrogens is 509 g/mol. The molecule has 3 heterocycles. The van der Waals surface area contributed by atoms with Gasteiger partial charge in [0.25, 0.3) is 0 Å². The number of alkyl halides is 3. The first-order chi connectivity index (χ1) is 18.8. The van der Waals surface area contributed by atoms with Crippen LogP contribution in [0.2, 0.25) is 0 Å². The highest BCUT2D eigenvalue weighted by Gasteiger charge is 2.42. The van der Waals surface area contributed by atoms with Crippen molar-refractivity contribution >= 4 is 11.5 Å². The smallest absolute Gasteiger partial charge is 0.416 e. The highest BCUT2D eigenvalue weighted by atomic mass is 19.4. The van der Waals surface area contributed by atoms with Crippen LogP contribution in [0.4, 0.5) is 18.9 Å². The molecule has 39 heavy (non-hydrogen) atoms. The van der Waals surface area contributed by atoms with Crippen LogP contribution < -0.4 is 5.32 Å². The van der Waals surface area contributed by atoms with E-state index in [0.29, 0.717) is 53.9 Å². The summed E-state index contributed by atoms with van der Waals surface area (Å²) in [5.41, 5.74) is 2.18. The Labute approximate surface area is 224 Å². The van der Waals surface area contributed by atoms with Crippen LogP contribution in [-0.2, 0) is 17.5 Å². The number of aliphatic hydroxyl groups is 1. The van der Waals surface area contributed by atoms with Crippen molar-refractivity contribution in [1.29, 1.82) is 0 Å². The quantitative estimate of drug-likeness (QED) is 0.314. The number of anilines is 1. The van der Waals surface area contributed by atoms with Crippen LogP contribution in [0, 0.1) is 6.92 Å². The number of benzene rings is 2. The minimum atomic E-state index is -4.49. The number of aliphatic imine (C=N–C) groups is 1. The minimum Gasteiger partial charge on any atom is -0.441 e. The highest BCUT2D eigenvalue weighted by molar-refractivity contribution is 6.04. The third-order valence-electron chi connectivity index (χ3n) is 6.85. The van der Waals surface area contributed by atoms with E-state index >= 15 is 0 Å². The van der Waals surface area contributed by atoms with Gasteiger partial charge in [0.1, 0.15) is 0 Å². The number of ether oxygens (including phenoxy) is 1. The molecule has 1 aromatic heterocycles. The van der Waals surface area contributed by atoms with Gasteiger partial charge in [-0.15, -0.1) is 0 Å². The molecule has 0 saturated heterocycles. The average molecular weight is 539 g/mol. The molecular formula is C29H29F3N4O3. The maximum Gasteiger partial charge on any atom is 0.416 e. The van der Waals surface area contributed by atoms with Gasteiger partial charge < -0.3 is 24.5 Å². The van der Waals surface area contributed by atoms with Crippen LogP contribution in [0.25, 0.3) is 11.3 Å². The highest BCUT2D eigenvalue weighted by Crippen LogP contribution is 2.43. The molecule has 5 rings (SSSR count). The molecule has 3 aromatic rings. The summed E-state index contributed by atoms with van der Waals surface area (Å²) in [5.74, 6) is 1.64. The Bertz CT molecular complexity index is 1430.